The highest BCUT2D eigenvalue weighted by molar-refractivity contribution is 5.94. The number of rotatable bonds is 5. The molecule has 0 spiro atoms. The highest BCUT2D eigenvalue weighted by Crippen LogP contribution is 2.10. The number of nitrogens with one attached hydrogen (secondary N) is 1. The molecule has 1 amide bonds. The lowest BCUT2D eigenvalue weighted by molar-refractivity contribution is 0.0946. The van der Waals surface area contributed by atoms with Crippen LogP contribution in [-0.2, 0) is 0 Å². The van der Waals surface area contributed by atoms with E-state index >= 15 is 0 Å². The number of benzene rings is 1. The number of halogens is 1. The molecule has 0 bridgehead atoms. The average molecular weight is 276 g/mol. The molecule has 3 N–H and O–H groups in total. The van der Waals surface area contributed by atoms with Crippen molar-refractivity contribution >= 4 is 5.91 Å². The van der Waals surface area contributed by atoms with Crippen LogP contribution in [0.1, 0.15) is 42.6 Å². The van der Waals surface area contributed by atoms with E-state index in [1.54, 1.807) is 6.07 Å². The summed E-state index contributed by atoms with van der Waals surface area (Å²) in [6.45, 7) is 4.97. The molecule has 0 aromatic heterocycles. The number of hydrogen-bond acceptors (Lipinski definition) is 2. The number of carbonyl (C=O) groups is 1. The van der Waals surface area contributed by atoms with Gasteiger partial charge in [0.05, 0.1) is 12.1 Å². The van der Waals surface area contributed by atoms with Gasteiger partial charge in [-0.25, -0.2) is 4.39 Å². The average Bonchev–Trinajstić information content (AvgIpc) is 2.46. The molecule has 4 heteroatoms. The SMILES string of the molecule is CCC(CC)CNC(=O)c1ccc(C#CCN)c(F)c1. The molecule has 0 fully saturated rings. The Bertz CT molecular complexity index is 513. The van der Waals surface area contributed by atoms with Gasteiger partial charge >= 0.3 is 0 Å². The Kier molecular flexibility index (Phi) is 6.75. The minimum atomic E-state index is -0.499. The lowest BCUT2D eigenvalue weighted by atomic mass is 10.0. The van der Waals surface area contributed by atoms with Gasteiger partial charge in [0.1, 0.15) is 5.82 Å². The topological polar surface area (TPSA) is 55.1 Å². The Balaban J connectivity index is 2.72. The Hall–Kier alpha value is -1.86. The molecule has 0 unspecified atom stereocenters. The van der Waals surface area contributed by atoms with E-state index in [1.165, 1.54) is 12.1 Å². The van der Waals surface area contributed by atoms with Gasteiger partial charge in [0.15, 0.2) is 0 Å². The third-order valence-electron chi connectivity index (χ3n) is 3.26. The van der Waals surface area contributed by atoms with Crippen molar-refractivity contribution in [1.29, 1.82) is 0 Å². The summed E-state index contributed by atoms with van der Waals surface area (Å²) >= 11 is 0. The van der Waals surface area contributed by atoms with E-state index in [0.717, 1.165) is 12.8 Å². The number of amides is 1. The van der Waals surface area contributed by atoms with E-state index in [2.05, 4.69) is 31.0 Å². The molecule has 0 aliphatic carbocycles. The van der Waals surface area contributed by atoms with E-state index in [-0.39, 0.29) is 18.0 Å². The van der Waals surface area contributed by atoms with Crippen LogP contribution >= 0.6 is 0 Å². The Morgan fingerprint density at radius 2 is 2.10 bits per heavy atom. The Labute approximate surface area is 119 Å². The van der Waals surface area contributed by atoms with Crippen LogP contribution in [0.3, 0.4) is 0 Å². The Morgan fingerprint density at radius 1 is 1.40 bits per heavy atom. The molecule has 1 rings (SSSR count). The van der Waals surface area contributed by atoms with Crippen LogP contribution in [0.15, 0.2) is 18.2 Å². The lowest BCUT2D eigenvalue weighted by Gasteiger charge is -2.13. The molecular formula is C16H21FN2O. The summed E-state index contributed by atoms with van der Waals surface area (Å²) in [5, 5.41) is 2.83. The molecule has 3 nitrogen and oxygen atoms in total. The molecule has 1 aromatic carbocycles. The van der Waals surface area contributed by atoms with Crippen LogP contribution in [0.4, 0.5) is 4.39 Å². The Morgan fingerprint density at radius 3 is 2.65 bits per heavy atom. The molecule has 0 heterocycles. The summed E-state index contributed by atoms with van der Waals surface area (Å²) in [5.74, 6) is 4.91. The fourth-order valence-electron chi connectivity index (χ4n) is 1.82. The largest absolute Gasteiger partial charge is 0.352 e. The zero-order valence-electron chi connectivity index (χ0n) is 12.0. The van der Waals surface area contributed by atoms with E-state index in [9.17, 15) is 9.18 Å². The molecule has 1 aromatic rings. The second kappa shape index (κ2) is 8.34. The smallest absolute Gasteiger partial charge is 0.251 e. The third kappa shape index (κ3) is 4.67. The van der Waals surface area contributed by atoms with Gasteiger partial charge in [0, 0.05) is 12.1 Å². The van der Waals surface area contributed by atoms with Crippen LogP contribution < -0.4 is 11.1 Å². The second-order valence-corrected chi connectivity index (χ2v) is 4.59. The van der Waals surface area contributed by atoms with Gasteiger partial charge in [0.25, 0.3) is 5.91 Å². The molecule has 0 radical (unpaired) electrons. The standard InChI is InChI=1S/C16H21FN2O/c1-3-12(4-2)11-19-16(20)14-8-7-13(6-5-9-18)15(17)10-14/h7-8,10,12H,3-4,9,11,18H2,1-2H3,(H,19,20). The van der Waals surface area contributed by atoms with Crippen LogP contribution in [-0.4, -0.2) is 19.0 Å². The van der Waals surface area contributed by atoms with Crippen molar-refractivity contribution in [1.82, 2.24) is 5.32 Å². The van der Waals surface area contributed by atoms with Gasteiger partial charge in [-0.1, -0.05) is 38.5 Å². The maximum Gasteiger partial charge on any atom is 0.251 e. The minimum Gasteiger partial charge on any atom is -0.352 e. The van der Waals surface area contributed by atoms with Crippen LogP contribution in [0.25, 0.3) is 0 Å². The summed E-state index contributed by atoms with van der Waals surface area (Å²) in [6.07, 6.45) is 2.03. The van der Waals surface area contributed by atoms with Gasteiger partial charge in [-0.2, -0.15) is 0 Å². The lowest BCUT2D eigenvalue weighted by Crippen LogP contribution is -2.29. The first-order valence-corrected chi connectivity index (χ1v) is 6.89. The fourth-order valence-corrected chi connectivity index (χ4v) is 1.82. The van der Waals surface area contributed by atoms with Crippen molar-refractivity contribution in [3.05, 3.63) is 35.1 Å². The quantitative estimate of drug-likeness (QED) is 0.811. The maximum atomic E-state index is 13.7. The van der Waals surface area contributed by atoms with Crippen molar-refractivity contribution in [3.63, 3.8) is 0 Å². The summed E-state index contributed by atoms with van der Waals surface area (Å²) in [4.78, 5) is 11.9. The molecule has 0 saturated heterocycles. The summed E-state index contributed by atoms with van der Waals surface area (Å²) < 4.78 is 13.7. The van der Waals surface area contributed by atoms with Crippen LogP contribution in [0, 0.1) is 23.6 Å². The highest BCUT2D eigenvalue weighted by Gasteiger charge is 2.10. The fraction of sp³-hybridized carbons (Fsp3) is 0.438. The molecule has 0 aliphatic rings. The summed E-state index contributed by atoms with van der Waals surface area (Å²) in [7, 11) is 0. The molecule has 0 saturated carbocycles. The zero-order valence-corrected chi connectivity index (χ0v) is 12.0. The molecule has 0 aliphatic heterocycles. The maximum absolute atomic E-state index is 13.7. The molecule has 108 valence electrons. The zero-order chi connectivity index (χ0) is 15.0. The third-order valence-corrected chi connectivity index (χ3v) is 3.26. The molecule has 0 atom stereocenters. The first-order chi connectivity index (χ1) is 9.62. The predicted molar refractivity (Wildman–Crippen MR) is 78.7 cm³/mol. The van der Waals surface area contributed by atoms with E-state index < -0.39 is 5.82 Å². The monoisotopic (exact) mass is 276 g/mol. The van der Waals surface area contributed by atoms with Gasteiger partial charge in [0.2, 0.25) is 0 Å². The van der Waals surface area contributed by atoms with Gasteiger partial charge in [-0.3, -0.25) is 4.79 Å². The van der Waals surface area contributed by atoms with Crippen LogP contribution in [0.2, 0.25) is 0 Å². The van der Waals surface area contributed by atoms with Gasteiger partial charge in [-0.05, 0) is 24.1 Å². The number of nitrogens with two attached hydrogens (primary N) is 1. The first kappa shape index (κ1) is 16.2. The highest BCUT2D eigenvalue weighted by atomic mass is 19.1. The first-order valence-electron chi connectivity index (χ1n) is 6.89. The van der Waals surface area contributed by atoms with Gasteiger partial charge < -0.3 is 11.1 Å². The predicted octanol–water partition coefficient (Wildman–Crippen LogP) is 2.30. The normalized spacial score (nSPS) is 10.1. The minimum absolute atomic E-state index is 0.178. The van der Waals surface area contributed by atoms with Crippen molar-refractivity contribution in [2.45, 2.75) is 26.7 Å². The van der Waals surface area contributed by atoms with Crippen LogP contribution in [0.5, 0.6) is 0 Å². The van der Waals surface area contributed by atoms with Gasteiger partial charge in [-0.15, -0.1) is 0 Å². The van der Waals surface area contributed by atoms with E-state index in [4.69, 9.17) is 5.73 Å². The molecule has 20 heavy (non-hydrogen) atoms. The van der Waals surface area contributed by atoms with Crippen molar-refractivity contribution in [2.75, 3.05) is 13.1 Å². The number of carbonyl (C=O) groups excluding carboxylic acids is 1. The number of hydrogen-bond donors (Lipinski definition) is 2. The van der Waals surface area contributed by atoms with E-state index in [1.807, 2.05) is 0 Å². The molecular weight excluding hydrogens is 255 g/mol. The van der Waals surface area contributed by atoms with Crippen molar-refractivity contribution < 1.29 is 9.18 Å². The summed E-state index contributed by atoms with van der Waals surface area (Å²) in [6, 6.07) is 4.29. The second-order valence-electron chi connectivity index (χ2n) is 4.59. The van der Waals surface area contributed by atoms with E-state index in [0.29, 0.717) is 18.0 Å². The van der Waals surface area contributed by atoms with Crippen molar-refractivity contribution in [3.8, 4) is 11.8 Å². The summed E-state index contributed by atoms with van der Waals surface area (Å²) in [5.41, 5.74) is 5.81. The van der Waals surface area contributed by atoms with Crippen molar-refractivity contribution in [2.24, 2.45) is 11.7 Å².